The molecule has 0 aliphatic carbocycles. The number of pyridine rings is 1. The Morgan fingerprint density at radius 1 is 0.927 bits per heavy atom. The van der Waals surface area contributed by atoms with Crippen LogP contribution < -0.4 is 19.7 Å². The van der Waals surface area contributed by atoms with Crippen molar-refractivity contribution in [2.45, 2.75) is 6.92 Å². The number of methoxy groups -OCH3 is 1. The minimum absolute atomic E-state index is 0.184. The van der Waals surface area contributed by atoms with E-state index in [9.17, 15) is 9.59 Å². The Bertz CT molecular complexity index is 1520. The molecule has 2 aromatic carbocycles. The van der Waals surface area contributed by atoms with Gasteiger partial charge in [0.1, 0.15) is 17.3 Å². The number of benzene rings is 2. The summed E-state index contributed by atoms with van der Waals surface area (Å²) in [5.74, 6) is 0.733. The van der Waals surface area contributed by atoms with Gasteiger partial charge in [-0.3, -0.25) is 14.6 Å². The first-order valence-electron chi connectivity index (χ1n) is 13.2. The summed E-state index contributed by atoms with van der Waals surface area (Å²) in [6.07, 6.45) is 3.13. The Morgan fingerprint density at radius 3 is 2.37 bits per heavy atom. The number of rotatable bonds is 8. The van der Waals surface area contributed by atoms with Gasteiger partial charge in [0.05, 0.1) is 19.9 Å². The Labute approximate surface area is 236 Å². The average molecular weight is 557 g/mol. The van der Waals surface area contributed by atoms with Crippen LogP contribution in [0.4, 0.5) is 15.9 Å². The molecule has 4 aromatic rings. The van der Waals surface area contributed by atoms with E-state index in [0.29, 0.717) is 66.9 Å². The predicted molar refractivity (Wildman–Crippen MR) is 152 cm³/mol. The fourth-order valence-corrected chi connectivity index (χ4v) is 4.50. The van der Waals surface area contributed by atoms with Gasteiger partial charge in [-0.1, -0.05) is 6.07 Å². The highest BCUT2D eigenvalue weighted by Crippen LogP contribution is 2.27. The number of hydrogen-bond acceptors (Lipinski definition) is 8. The summed E-state index contributed by atoms with van der Waals surface area (Å²) in [7, 11) is 1.57. The van der Waals surface area contributed by atoms with Crippen molar-refractivity contribution >= 4 is 23.3 Å². The van der Waals surface area contributed by atoms with Gasteiger partial charge in [0.25, 0.3) is 11.8 Å². The predicted octanol–water partition coefficient (Wildman–Crippen LogP) is 4.30. The molecule has 5 rings (SSSR count). The number of nitrogens with one attached hydrogen (secondary N) is 1. The molecule has 0 atom stereocenters. The van der Waals surface area contributed by atoms with E-state index in [-0.39, 0.29) is 23.1 Å². The molecule has 3 heterocycles. The monoisotopic (exact) mass is 556 g/mol. The highest BCUT2D eigenvalue weighted by Gasteiger charge is 2.24. The van der Waals surface area contributed by atoms with Crippen molar-refractivity contribution in [3.05, 3.63) is 90.1 Å². The Balaban J connectivity index is 1.17. The zero-order chi connectivity index (χ0) is 28.8. The molecule has 1 N–H and O–H groups in total. The van der Waals surface area contributed by atoms with E-state index >= 15 is 4.39 Å². The summed E-state index contributed by atoms with van der Waals surface area (Å²) >= 11 is 0. The number of aromatic nitrogens is 3. The first kappa shape index (κ1) is 27.5. The van der Waals surface area contributed by atoms with E-state index in [2.05, 4.69) is 20.5 Å². The van der Waals surface area contributed by atoms with Crippen LogP contribution in [-0.4, -0.2) is 71.8 Å². The van der Waals surface area contributed by atoms with Crippen LogP contribution in [0.5, 0.6) is 11.5 Å². The lowest BCUT2D eigenvalue weighted by Crippen LogP contribution is -2.49. The number of carbonyl (C=O) groups excluding carboxylic acids is 2. The fourth-order valence-electron chi connectivity index (χ4n) is 4.50. The maximum absolute atomic E-state index is 15.0. The number of amides is 2. The first-order valence-corrected chi connectivity index (χ1v) is 13.2. The highest BCUT2D eigenvalue weighted by molar-refractivity contribution is 6.02. The normalized spacial score (nSPS) is 13.0. The minimum atomic E-state index is -0.503. The van der Waals surface area contributed by atoms with Crippen LogP contribution in [0.2, 0.25) is 0 Å². The molecule has 0 bridgehead atoms. The maximum atomic E-state index is 15.0. The molecule has 2 amide bonds. The van der Waals surface area contributed by atoms with Crippen molar-refractivity contribution in [2.24, 2.45) is 0 Å². The summed E-state index contributed by atoms with van der Waals surface area (Å²) in [6.45, 7) is 4.26. The summed E-state index contributed by atoms with van der Waals surface area (Å²) in [5, 5.41) is 11.1. The zero-order valence-electron chi connectivity index (χ0n) is 22.7. The number of nitrogens with zero attached hydrogens (tertiary/aromatic N) is 5. The molecule has 11 heteroatoms. The number of carbonyl (C=O) groups is 2. The van der Waals surface area contributed by atoms with E-state index in [1.165, 1.54) is 6.07 Å². The molecule has 0 spiro atoms. The number of halogens is 1. The van der Waals surface area contributed by atoms with Gasteiger partial charge in [0.15, 0.2) is 11.5 Å². The molecule has 2 aromatic heterocycles. The molecule has 1 saturated heterocycles. The highest BCUT2D eigenvalue weighted by atomic mass is 19.1. The lowest BCUT2D eigenvalue weighted by molar-refractivity contribution is 0.0745. The molecule has 210 valence electrons. The van der Waals surface area contributed by atoms with E-state index in [1.807, 2.05) is 11.8 Å². The molecular weight excluding hydrogens is 527 g/mol. The molecule has 0 unspecified atom stereocenters. The third kappa shape index (κ3) is 6.40. The van der Waals surface area contributed by atoms with Crippen molar-refractivity contribution in [2.75, 3.05) is 50.1 Å². The van der Waals surface area contributed by atoms with Gasteiger partial charge in [-0.05, 0) is 61.5 Å². The minimum Gasteiger partial charge on any atom is -0.497 e. The van der Waals surface area contributed by atoms with Crippen molar-refractivity contribution in [1.29, 1.82) is 0 Å². The van der Waals surface area contributed by atoms with E-state index in [0.717, 1.165) is 0 Å². The average Bonchev–Trinajstić information content (AvgIpc) is 3.01. The molecular formula is C30H29FN6O4. The van der Waals surface area contributed by atoms with E-state index < -0.39 is 5.82 Å². The standard InChI is InChI=1S/C30H29FN6O4/c1-3-41-24-16-21(18-32-19-24)25-9-4-20(17-26(25)31)30(39)37-14-12-36(13-15-37)28-11-10-27(34-35-28)29(38)33-22-5-7-23(40-2)8-6-22/h4-11,16-19H,3,12-15H2,1-2H3,(H,33,38). The topological polar surface area (TPSA) is 110 Å². The fraction of sp³-hybridized carbons (Fsp3) is 0.233. The summed E-state index contributed by atoms with van der Waals surface area (Å²) < 4.78 is 25.6. The van der Waals surface area contributed by atoms with Gasteiger partial charge < -0.3 is 24.6 Å². The third-order valence-corrected chi connectivity index (χ3v) is 6.67. The largest absolute Gasteiger partial charge is 0.497 e. The van der Waals surface area contributed by atoms with E-state index in [4.69, 9.17) is 9.47 Å². The van der Waals surface area contributed by atoms with Crippen LogP contribution in [0.3, 0.4) is 0 Å². The molecule has 1 aliphatic heterocycles. The van der Waals surface area contributed by atoms with Crippen LogP contribution in [0.15, 0.2) is 73.1 Å². The first-order chi connectivity index (χ1) is 19.9. The maximum Gasteiger partial charge on any atom is 0.276 e. The Kier molecular flexibility index (Phi) is 8.33. The van der Waals surface area contributed by atoms with Gasteiger partial charge in [-0.25, -0.2) is 4.39 Å². The summed E-state index contributed by atoms with van der Waals surface area (Å²) in [5.41, 5.74) is 2.00. The lowest BCUT2D eigenvalue weighted by Gasteiger charge is -2.35. The molecule has 1 aliphatic rings. The molecule has 1 fully saturated rings. The van der Waals surface area contributed by atoms with Gasteiger partial charge in [-0.15, -0.1) is 10.2 Å². The molecule has 0 saturated carbocycles. The Hall–Kier alpha value is -5.06. The van der Waals surface area contributed by atoms with Gasteiger partial charge in [0, 0.05) is 54.8 Å². The number of anilines is 2. The molecule has 10 nitrogen and oxygen atoms in total. The number of hydrogen-bond donors (Lipinski definition) is 1. The zero-order valence-corrected chi connectivity index (χ0v) is 22.7. The van der Waals surface area contributed by atoms with Crippen molar-refractivity contribution in [3.8, 4) is 22.6 Å². The van der Waals surface area contributed by atoms with Gasteiger partial charge >= 0.3 is 0 Å². The van der Waals surface area contributed by atoms with Crippen LogP contribution in [0, 0.1) is 5.82 Å². The van der Waals surface area contributed by atoms with Crippen LogP contribution >= 0.6 is 0 Å². The van der Waals surface area contributed by atoms with E-state index in [1.54, 1.807) is 79.0 Å². The summed E-state index contributed by atoms with van der Waals surface area (Å²) in [6, 6.07) is 16.5. The van der Waals surface area contributed by atoms with Gasteiger partial charge in [-0.2, -0.15) is 0 Å². The van der Waals surface area contributed by atoms with Crippen molar-refractivity contribution in [1.82, 2.24) is 20.1 Å². The van der Waals surface area contributed by atoms with Crippen molar-refractivity contribution in [3.63, 3.8) is 0 Å². The second-order valence-electron chi connectivity index (χ2n) is 9.28. The van der Waals surface area contributed by atoms with Crippen LogP contribution in [-0.2, 0) is 0 Å². The second-order valence-corrected chi connectivity index (χ2v) is 9.28. The van der Waals surface area contributed by atoms with Crippen LogP contribution in [0.25, 0.3) is 11.1 Å². The quantitative estimate of drug-likeness (QED) is 0.342. The third-order valence-electron chi connectivity index (χ3n) is 6.67. The van der Waals surface area contributed by atoms with Gasteiger partial charge in [0.2, 0.25) is 0 Å². The smallest absolute Gasteiger partial charge is 0.276 e. The summed E-state index contributed by atoms with van der Waals surface area (Å²) in [4.78, 5) is 33.4. The van der Waals surface area contributed by atoms with Crippen LogP contribution in [0.1, 0.15) is 27.8 Å². The SMILES string of the molecule is CCOc1cncc(-c2ccc(C(=O)N3CCN(c4ccc(C(=O)Nc5ccc(OC)cc5)nn4)CC3)cc2F)c1. The van der Waals surface area contributed by atoms with Crippen molar-refractivity contribution < 1.29 is 23.5 Å². The lowest BCUT2D eigenvalue weighted by atomic mass is 10.0. The molecule has 0 radical (unpaired) electrons. The second kappa shape index (κ2) is 12.4. The molecule has 41 heavy (non-hydrogen) atoms. The number of piperazine rings is 1. The number of ether oxygens (including phenoxy) is 2. The Morgan fingerprint density at radius 2 is 1.71 bits per heavy atom.